The second kappa shape index (κ2) is 6.16. The Kier molecular flexibility index (Phi) is 3.86. The lowest BCUT2D eigenvalue weighted by Gasteiger charge is -2.15. The minimum Gasteiger partial charge on any atom is -0.343 e. The van der Waals surface area contributed by atoms with Crippen molar-refractivity contribution in [2.24, 2.45) is 0 Å². The van der Waals surface area contributed by atoms with Gasteiger partial charge in [0.1, 0.15) is 5.69 Å². The predicted octanol–water partition coefficient (Wildman–Crippen LogP) is 2.86. The molecule has 1 fully saturated rings. The molecule has 0 N–H and O–H groups in total. The third-order valence-electron chi connectivity index (χ3n) is 4.38. The van der Waals surface area contributed by atoms with Gasteiger partial charge in [0.2, 0.25) is 6.39 Å². The first-order chi connectivity index (χ1) is 11.7. The summed E-state index contributed by atoms with van der Waals surface area (Å²) >= 11 is 1.49. The van der Waals surface area contributed by atoms with Gasteiger partial charge in [-0.15, -0.1) is 11.3 Å². The number of aryl methyl sites for hydroxylation is 1. The van der Waals surface area contributed by atoms with Crippen LogP contribution in [0.2, 0.25) is 0 Å². The third-order valence-corrected chi connectivity index (χ3v) is 5.16. The van der Waals surface area contributed by atoms with Gasteiger partial charge < -0.3 is 9.42 Å². The number of carbonyl (C=O) groups excluding carboxylic acids is 1. The molecule has 0 bridgehead atoms. The lowest BCUT2D eigenvalue weighted by Crippen LogP contribution is -2.29. The first-order valence-electron chi connectivity index (χ1n) is 7.75. The highest BCUT2D eigenvalue weighted by Gasteiger charge is 2.39. The summed E-state index contributed by atoms with van der Waals surface area (Å²) in [5, 5.41) is 6.72. The molecular formula is C17H16N4O2S. The molecule has 0 saturated carbocycles. The zero-order chi connectivity index (χ0) is 16.5. The number of amides is 1. The highest BCUT2D eigenvalue weighted by molar-refractivity contribution is 7.09. The monoisotopic (exact) mass is 340 g/mol. The minimum absolute atomic E-state index is 0.0230. The van der Waals surface area contributed by atoms with Gasteiger partial charge in [0.05, 0.1) is 5.01 Å². The Morgan fingerprint density at radius 2 is 2.04 bits per heavy atom. The standard InChI is InChI=1S/C17H16N4O2S/c1-11-19-15(9-24-11)17(22)21-7-13(12-5-3-2-4-6-12)14(8-21)16-18-10-23-20-16/h2-6,9-10,13-14H,7-8H2,1H3. The van der Waals surface area contributed by atoms with E-state index in [1.165, 1.54) is 23.3 Å². The highest BCUT2D eigenvalue weighted by Crippen LogP contribution is 2.38. The van der Waals surface area contributed by atoms with Crippen molar-refractivity contribution < 1.29 is 9.32 Å². The molecule has 1 aromatic carbocycles. The largest absolute Gasteiger partial charge is 0.343 e. The average Bonchev–Trinajstić information content (AvgIpc) is 3.35. The molecule has 2 atom stereocenters. The molecule has 6 nitrogen and oxygen atoms in total. The van der Waals surface area contributed by atoms with E-state index >= 15 is 0 Å². The second-order valence-corrected chi connectivity index (χ2v) is 6.94. The number of benzene rings is 1. The number of thiazole rings is 1. The smallest absolute Gasteiger partial charge is 0.273 e. The average molecular weight is 340 g/mol. The summed E-state index contributed by atoms with van der Waals surface area (Å²) < 4.78 is 4.92. The Morgan fingerprint density at radius 3 is 2.71 bits per heavy atom. The summed E-state index contributed by atoms with van der Waals surface area (Å²) in [5.74, 6) is 0.780. The van der Waals surface area contributed by atoms with Gasteiger partial charge >= 0.3 is 0 Å². The molecule has 7 heteroatoms. The van der Waals surface area contributed by atoms with E-state index in [1.807, 2.05) is 35.4 Å². The SMILES string of the molecule is Cc1nc(C(=O)N2CC(c3ccccc3)C(c3ncon3)C2)cs1. The van der Waals surface area contributed by atoms with E-state index in [0.29, 0.717) is 24.6 Å². The fourth-order valence-electron chi connectivity index (χ4n) is 3.24. The van der Waals surface area contributed by atoms with Crippen LogP contribution in [0.5, 0.6) is 0 Å². The Hall–Kier alpha value is -2.54. The van der Waals surface area contributed by atoms with E-state index in [4.69, 9.17) is 4.52 Å². The molecule has 4 rings (SSSR count). The van der Waals surface area contributed by atoms with Crippen molar-refractivity contribution in [3.8, 4) is 0 Å². The molecule has 3 heterocycles. The summed E-state index contributed by atoms with van der Waals surface area (Å²) in [6.07, 6.45) is 1.34. The van der Waals surface area contributed by atoms with E-state index in [0.717, 1.165) is 5.01 Å². The summed E-state index contributed by atoms with van der Waals surface area (Å²) in [6.45, 7) is 3.09. The lowest BCUT2D eigenvalue weighted by atomic mass is 9.88. The summed E-state index contributed by atoms with van der Waals surface area (Å²) in [4.78, 5) is 23.1. The fourth-order valence-corrected chi connectivity index (χ4v) is 3.82. The van der Waals surface area contributed by atoms with Crippen molar-refractivity contribution in [1.82, 2.24) is 20.0 Å². The van der Waals surface area contributed by atoms with Gasteiger partial charge in [-0.05, 0) is 12.5 Å². The normalized spacial score (nSPS) is 20.5. The van der Waals surface area contributed by atoms with Gasteiger partial charge in [0, 0.05) is 30.3 Å². The first-order valence-corrected chi connectivity index (χ1v) is 8.63. The zero-order valence-electron chi connectivity index (χ0n) is 13.1. The molecule has 2 aromatic heterocycles. The molecule has 1 amide bonds. The van der Waals surface area contributed by atoms with Crippen LogP contribution >= 0.6 is 11.3 Å². The molecular weight excluding hydrogens is 324 g/mol. The Labute approximate surface area is 143 Å². The number of rotatable bonds is 3. The predicted molar refractivity (Wildman–Crippen MR) is 89.0 cm³/mol. The van der Waals surface area contributed by atoms with Gasteiger partial charge in [-0.25, -0.2) is 4.98 Å². The Bertz CT molecular complexity index is 831. The van der Waals surface area contributed by atoms with Gasteiger partial charge in [-0.2, -0.15) is 4.98 Å². The van der Waals surface area contributed by atoms with Gasteiger partial charge in [-0.1, -0.05) is 35.5 Å². The number of hydrogen-bond acceptors (Lipinski definition) is 6. The van der Waals surface area contributed by atoms with Crippen molar-refractivity contribution in [3.05, 3.63) is 64.2 Å². The molecule has 24 heavy (non-hydrogen) atoms. The minimum atomic E-state index is -0.0359. The maximum atomic E-state index is 12.8. The van der Waals surface area contributed by atoms with Crippen LogP contribution < -0.4 is 0 Å². The molecule has 0 radical (unpaired) electrons. The molecule has 0 aliphatic carbocycles. The molecule has 3 aromatic rings. The highest BCUT2D eigenvalue weighted by atomic mass is 32.1. The Balaban J connectivity index is 1.64. The van der Waals surface area contributed by atoms with Gasteiger partial charge in [-0.3, -0.25) is 4.79 Å². The summed E-state index contributed by atoms with van der Waals surface area (Å²) in [6, 6.07) is 10.2. The molecule has 122 valence electrons. The van der Waals surface area contributed by atoms with Crippen LogP contribution in [0.3, 0.4) is 0 Å². The van der Waals surface area contributed by atoms with Gasteiger partial charge in [0.15, 0.2) is 5.82 Å². The first kappa shape index (κ1) is 15.0. The van der Waals surface area contributed by atoms with Crippen molar-refractivity contribution in [1.29, 1.82) is 0 Å². The van der Waals surface area contributed by atoms with E-state index in [9.17, 15) is 4.79 Å². The maximum Gasteiger partial charge on any atom is 0.273 e. The van der Waals surface area contributed by atoms with Gasteiger partial charge in [0.25, 0.3) is 5.91 Å². The molecule has 1 saturated heterocycles. The van der Waals surface area contributed by atoms with Crippen LogP contribution in [-0.4, -0.2) is 39.0 Å². The molecule has 2 unspecified atom stereocenters. The summed E-state index contributed by atoms with van der Waals surface area (Å²) in [7, 11) is 0. The number of likely N-dealkylation sites (tertiary alicyclic amines) is 1. The topological polar surface area (TPSA) is 72.1 Å². The molecule has 1 aliphatic heterocycles. The maximum absolute atomic E-state index is 12.8. The number of nitrogens with zero attached hydrogens (tertiary/aromatic N) is 4. The van der Waals surface area contributed by atoms with Crippen molar-refractivity contribution in [3.63, 3.8) is 0 Å². The van der Waals surface area contributed by atoms with Crippen LogP contribution in [0, 0.1) is 6.92 Å². The lowest BCUT2D eigenvalue weighted by molar-refractivity contribution is 0.0783. The number of hydrogen-bond donors (Lipinski definition) is 0. The van der Waals surface area contributed by atoms with E-state index in [2.05, 4.69) is 27.3 Å². The van der Waals surface area contributed by atoms with Crippen molar-refractivity contribution in [2.45, 2.75) is 18.8 Å². The summed E-state index contributed by atoms with van der Waals surface area (Å²) in [5.41, 5.74) is 1.69. The molecule has 1 aliphatic rings. The second-order valence-electron chi connectivity index (χ2n) is 5.87. The fraction of sp³-hybridized carbons (Fsp3) is 0.294. The van der Waals surface area contributed by atoms with Crippen molar-refractivity contribution in [2.75, 3.05) is 13.1 Å². The number of carbonyl (C=O) groups is 1. The van der Waals surface area contributed by atoms with Crippen LogP contribution in [0.4, 0.5) is 0 Å². The number of aromatic nitrogens is 3. The molecule has 0 spiro atoms. The van der Waals surface area contributed by atoms with E-state index in [1.54, 1.807) is 0 Å². The van der Waals surface area contributed by atoms with Crippen LogP contribution in [0.25, 0.3) is 0 Å². The van der Waals surface area contributed by atoms with E-state index < -0.39 is 0 Å². The quantitative estimate of drug-likeness (QED) is 0.733. The Morgan fingerprint density at radius 1 is 1.25 bits per heavy atom. The zero-order valence-corrected chi connectivity index (χ0v) is 13.9. The van der Waals surface area contributed by atoms with Crippen LogP contribution in [0.1, 0.15) is 38.7 Å². The third kappa shape index (κ3) is 2.71. The van der Waals surface area contributed by atoms with E-state index in [-0.39, 0.29) is 17.7 Å². The van der Waals surface area contributed by atoms with Crippen LogP contribution in [-0.2, 0) is 0 Å². The van der Waals surface area contributed by atoms with Crippen LogP contribution in [0.15, 0.2) is 46.6 Å². The van der Waals surface area contributed by atoms with Crippen molar-refractivity contribution >= 4 is 17.2 Å².